The fraction of sp³-hybridized carbons (Fsp3) is 0.423. The Hall–Kier alpha value is -3.35. The Bertz CT molecular complexity index is 1180. The Morgan fingerprint density at radius 3 is 2.54 bits per heavy atom. The lowest BCUT2D eigenvalue weighted by molar-refractivity contribution is -0.135. The number of pyridine rings is 1. The summed E-state index contributed by atoms with van der Waals surface area (Å²) in [6.45, 7) is 15.3. The Morgan fingerprint density at radius 1 is 1.20 bits per heavy atom. The molecule has 0 saturated carbocycles. The first-order valence-corrected chi connectivity index (χ1v) is 12.1. The van der Waals surface area contributed by atoms with E-state index in [9.17, 15) is 9.59 Å². The van der Waals surface area contributed by atoms with Gasteiger partial charge in [0.15, 0.2) is 10.8 Å². The second-order valence-corrected chi connectivity index (χ2v) is 9.62. The monoisotopic (exact) mass is 491 g/mol. The summed E-state index contributed by atoms with van der Waals surface area (Å²) in [4.78, 5) is 39.0. The van der Waals surface area contributed by atoms with Gasteiger partial charge in [-0.05, 0) is 75.7 Å². The number of hydrogen-bond donors (Lipinski definition) is 0. The number of nitrogens with zero attached hydrogens (tertiary/aromatic N) is 5. The third kappa shape index (κ3) is 4.90. The number of rotatable bonds is 6. The molecule has 8 nitrogen and oxygen atoms in total. The first kappa shape index (κ1) is 24.8. The molecule has 0 radical (unpaired) electrons. The number of amides is 2. The number of ether oxygens (including phenoxy) is 1. The third-order valence-corrected chi connectivity index (χ3v) is 6.85. The van der Waals surface area contributed by atoms with Gasteiger partial charge in [-0.3, -0.25) is 19.5 Å². The number of morpholine rings is 1. The highest BCUT2D eigenvalue weighted by Gasteiger charge is 2.50. The molecule has 35 heavy (non-hydrogen) atoms. The maximum atomic E-state index is 13.4. The van der Waals surface area contributed by atoms with Crippen molar-refractivity contribution in [3.8, 4) is 0 Å². The lowest BCUT2D eigenvalue weighted by Crippen LogP contribution is -2.44. The molecule has 0 atom stereocenters. The first-order valence-electron chi connectivity index (χ1n) is 11.7. The zero-order valence-corrected chi connectivity index (χ0v) is 21.1. The maximum absolute atomic E-state index is 13.4. The van der Waals surface area contributed by atoms with Gasteiger partial charge in [0.2, 0.25) is 5.91 Å². The van der Waals surface area contributed by atoms with Crippen molar-refractivity contribution < 1.29 is 14.3 Å². The fourth-order valence-electron chi connectivity index (χ4n) is 4.45. The largest absolute Gasteiger partial charge is 0.378 e. The van der Waals surface area contributed by atoms with Crippen LogP contribution in [0.25, 0.3) is 4.85 Å². The highest BCUT2D eigenvalue weighted by molar-refractivity contribution is 7.81. The average Bonchev–Trinajstić information content (AvgIpc) is 3.03. The van der Waals surface area contributed by atoms with Crippen molar-refractivity contribution in [3.63, 3.8) is 0 Å². The average molecular weight is 492 g/mol. The molecule has 0 aliphatic carbocycles. The van der Waals surface area contributed by atoms with Crippen molar-refractivity contribution in [2.24, 2.45) is 0 Å². The molecule has 1 aromatic carbocycles. The van der Waals surface area contributed by atoms with E-state index in [1.807, 2.05) is 48.8 Å². The van der Waals surface area contributed by atoms with Gasteiger partial charge < -0.3 is 14.5 Å². The third-order valence-electron chi connectivity index (χ3n) is 6.48. The van der Waals surface area contributed by atoms with E-state index in [1.165, 1.54) is 4.90 Å². The molecular formula is C26H29N5O3S. The molecular weight excluding hydrogens is 462 g/mol. The molecule has 9 heteroatoms. The van der Waals surface area contributed by atoms with Gasteiger partial charge in [-0.2, -0.15) is 0 Å². The molecule has 2 fully saturated rings. The summed E-state index contributed by atoms with van der Waals surface area (Å²) in [5.41, 5.74) is 2.72. The molecule has 0 bridgehead atoms. The number of carbonyl (C=O) groups excluding carboxylic acids is 2. The lowest BCUT2D eigenvalue weighted by atomic mass is 10.0. The summed E-state index contributed by atoms with van der Waals surface area (Å²) in [5.74, 6) is 0.0236. The van der Waals surface area contributed by atoms with Crippen molar-refractivity contribution in [1.29, 1.82) is 0 Å². The van der Waals surface area contributed by atoms with Gasteiger partial charge in [-0.15, -0.1) is 0 Å². The Labute approximate surface area is 211 Å². The number of aryl methyl sites for hydroxylation is 2. The van der Waals surface area contributed by atoms with E-state index in [-0.39, 0.29) is 11.8 Å². The molecule has 4 rings (SSSR count). The second-order valence-electron chi connectivity index (χ2n) is 9.25. The molecule has 182 valence electrons. The highest BCUT2D eigenvalue weighted by atomic mass is 32.1. The van der Waals surface area contributed by atoms with Gasteiger partial charge in [-0.1, -0.05) is 6.07 Å². The topological polar surface area (TPSA) is 70.3 Å². The van der Waals surface area contributed by atoms with E-state index in [0.717, 1.165) is 23.4 Å². The van der Waals surface area contributed by atoms with Gasteiger partial charge in [0, 0.05) is 30.9 Å². The molecule has 2 aliphatic rings. The number of anilines is 2. The van der Waals surface area contributed by atoms with E-state index in [0.29, 0.717) is 55.6 Å². The van der Waals surface area contributed by atoms with Gasteiger partial charge >= 0.3 is 0 Å². The van der Waals surface area contributed by atoms with Gasteiger partial charge in [0.25, 0.3) is 5.91 Å². The van der Waals surface area contributed by atoms with Crippen molar-refractivity contribution in [1.82, 2.24) is 9.88 Å². The summed E-state index contributed by atoms with van der Waals surface area (Å²) < 4.78 is 5.30. The number of benzene rings is 1. The quantitative estimate of drug-likeness (QED) is 0.449. The smallest absolute Gasteiger partial charge is 0.259 e. The van der Waals surface area contributed by atoms with Crippen LogP contribution in [0.5, 0.6) is 0 Å². The van der Waals surface area contributed by atoms with Crippen LogP contribution in [-0.4, -0.2) is 58.7 Å². The molecule has 0 N–H and O–H groups in total. The van der Waals surface area contributed by atoms with Gasteiger partial charge in [0.05, 0.1) is 31.7 Å². The maximum Gasteiger partial charge on any atom is 0.259 e. The van der Waals surface area contributed by atoms with Crippen molar-refractivity contribution in [2.75, 3.05) is 36.1 Å². The SMILES string of the molecule is [C-]#[N+]c1ccc(N2C(=O)C(C)(C)N(c3ccc(CCCC(=O)N4CCOCC4)nc3)C2=S)cc1C. The molecule has 0 spiro atoms. The Balaban J connectivity index is 1.45. The van der Waals surface area contributed by atoms with E-state index >= 15 is 0 Å². The molecule has 2 aliphatic heterocycles. The summed E-state index contributed by atoms with van der Waals surface area (Å²) in [7, 11) is 0. The summed E-state index contributed by atoms with van der Waals surface area (Å²) in [6.07, 6.45) is 3.64. The highest BCUT2D eigenvalue weighted by Crippen LogP contribution is 2.37. The number of hydrogen-bond acceptors (Lipinski definition) is 5. The predicted molar refractivity (Wildman–Crippen MR) is 139 cm³/mol. The minimum atomic E-state index is -0.892. The number of aromatic nitrogens is 1. The minimum Gasteiger partial charge on any atom is -0.378 e. The number of carbonyl (C=O) groups is 2. The van der Waals surface area contributed by atoms with Crippen LogP contribution in [0.1, 0.15) is 37.9 Å². The van der Waals surface area contributed by atoms with Crippen LogP contribution >= 0.6 is 12.2 Å². The standard InChI is InChI=1S/C26H29N5O3S/c1-18-16-20(10-11-22(18)27-4)30-24(33)26(2,3)31(25(30)35)21-9-8-19(28-17-21)6-5-7-23(32)29-12-14-34-15-13-29/h8-11,16-17H,5-7,12-15H2,1-3H3. The number of thiocarbonyl (C=S) groups is 1. The lowest BCUT2D eigenvalue weighted by Gasteiger charge is -2.29. The van der Waals surface area contributed by atoms with Crippen LogP contribution in [0.4, 0.5) is 17.1 Å². The van der Waals surface area contributed by atoms with E-state index < -0.39 is 5.54 Å². The van der Waals surface area contributed by atoms with Crippen LogP contribution in [0.3, 0.4) is 0 Å². The summed E-state index contributed by atoms with van der Waals surface area (Å²) >= 11 is 5.74. The fourth-order valence-corrected chi connectivity index (χ4v) is 4.97. The first-order chi connectivity index (χ1) is 16.7. The van der Waals surface area contributed by atoms with Crippen molar-refractivity contribution in [3.05, 3.63) is 59.2 Å². The van der Waals surface area contributed by atoms with Crippen LogP contribution < -0.4 is 9.80 Å². The molecule has 0 unspecified atom stereocenters. The predicted octanol–water partition coefficient (Wildman–Crippen LogP) is 4.04. The normalized spacial score (nSPS) is 17.6. The van der Waals surface area contributed by atoms with Crippen LogP contribution in [-0.2, 0) is 20.7 Å². The Morgan fingerprint density at radius 2 is 1.91 bits per heavy atom. The Kier molecular flexibility index (Phi) is 7.15. The van der Waals surface area contributed by atoms with Crippen LogP contribution in [0.15, 0.2) is 36.5 Å². The van der Waals surface area contributed by atoms with Crippen molar-refractivity contribution >= 4 is 46.2 Å². The molecule has 3 heterocycles. The minimum absolute atomic E-state index is 0.136. The zero-order valence-electron chi connectivity index (χ0n) is 20.3. The zero-order chi connectivity index (χ0) is 25.2. The summed E-state index contributed by atoms with van der Waals surface area (Å²) in [5, 5.41) is 0.376. The van der Waals surface area contributed by atoms with E-state index in [1.54, 1.807) is 18.3 Å². The van der Waals surface area contributed by atoms with Crippen LogP contribution in [0.2, 0.25) is 0 Å². The second kappa shape index (κ2) is 10.1. The van der Waals surface area contributed by atoms with Crippen LogP contribution in [0, 0.1) is 13.5 Å². The van der Waals surface area contributed by atoms with E-state index in [4.69, 9.17) is 23.5 Å². The van der Waals surface area contributed by atoms with Gasteiger partial charge in [-0.25, -0.2) is 4.85 Å². The molecule has 2 saturated heterocycles. The molecule has 2 aromatic rings. The molecule has 1 aromatic heterocycles. The van der Waals surface area contributed by atoms with E-state index in [2.05, 4.69) is 9.83 Å². The summed E-state index contributed by atoms with van der Waals surface area (Å²) in [6, 6.07) is 9.13. The van der Waals surface area contributed by atoms with Crippen molar-refractivity contribution in [2.45, 2.75) is 45.6 Å². The van der Waals surface area contributed by atoms with Gasteiger partial charge in [0.1, 0.15) is 5.54 Å². The molecule has 2 amide bonds.